The smallest absolute Gasteiger partial charge is 0.0901 e. The van der Waals surface area contributed by atoms with Crippen LogP contribution in [-0.2, 0) is 0 Å². The van der Waals surface area contributed by atoms with Crippen LogP contribution in [0.2, 0.25) is 5.02 Å². The monoisotopic (exact) mass is 219 g/mol. The van der Waals surface area contributed by atoms with E-state index >= 15 is 0 Å². The zero-order valence-corrected chi connectivity index (χ0v) is 9.10. The second kappa shape index (κ2) is 3.58. The van der Waals surface area contributed by atoms with Crippen LogP contribution in [0.5, 0.6) is 0 Å². The first-order valence-corrected chi connectivity index (χ1v) is 6.09. The summed E-state index contributed by atoms with van der Waals surface area (Å²) in [6.45, 7) is 3.32. The number of thioether (sulfide) groups is 1. The molecule has 2 unspecified atom stereocenters. The summed E-state index contributed by atoms with van der Waals surface area (Å²) in [5, 5.41) is 7.51. The molecule has 0 spiro atoms. The van der Waals surface area contributed by atoms with Crippen LogP contribution in [-0.4, -0.2) is 11.8 Å². The Morgan fingerprint density at radius 2 is 2.50 bits per heavy atom. The van der Waals surface area contributed by atoms with Crippen molar-refractivity contribution >= 4 is 34.7 Å². The maximum Gasteiger partial charge on any atom is 0.0901 e. The molecule has 4 heteroatoms. The average Bonchev–Trinajstić information content (AvgIpc) is 2.58. The Balaban J connectivity index is 2.16. The SMILES string of the molecule is CC1CNC(c2sccc2Cl)S1. The van der Waals surface area contributed by atoms with Gasteiger partial charge < -0.3 is 0 Å². The lowest BCUT2D eigenvalue weighted by atomic mass is 10.4. The molecular formula is C8H10ClNS2. The van der Waals surface area contributed by atoms with Crippen molar-refractivity contribution in [3.8, 4) is 0 Å². The van der Waals surface area contributed by atoms with Crippen molar-refractivity contribution in [2.75, 3.05) is 6.54 Å². The number of hydrogen-bond donors (Lipinski definition) is 1. The normalized spacial score (nSPS) is 29.5. The molecule has 1 aromatic heterocycles. The molecule has 1 saturated heterocycles. The van der Waals surface area contributed by atoms with Gasteiger partial charge in [0.1, 0.15) is 0 Å². The van der Waals surface area contributed by atoms with Crippen molar-refractivity contribution in [1.29, 1.82) is 0 Å². The fourth-order valence-electron chi connectivity index (χ4n) is 1.25. The third-order valence-electron chi connectivity index (χ3n) is 1.84. The van der Waals surface area contributed by atoms with Crippen LogP contribution in [0.25, 0.3) is 0 Å². The lowest BCUT2D eigenvalue weighted by Crippen LogP contribution is -2.13. The van der Waals surface area contributed by atoms with Gasteiger partial charge in [-0.3, -0.25) is 5.32 Å². The van der Waals surface area contributed by atoms with E-state index in [1.165, 1.54) is 4.88 Å². The first-order valence-electron chi connectivity index (χ1n) is 3.89. The second-order valence-electron chi connectivity index (χ2n) is 2.87. The van der Waals surface area contributed by atoms with Crippen LogP contribution in [0.15, 0.2) is 11.4 Å². The van der Waals surface area contributed by atoms with Crippen LogP contribution >= 0.6 is 34.7 Å². The van der Waals surface area contributed by atoms with E-state index in [1.54, 1.807) is 11.3 Å². The lowest BCUT2D eigenvalue weighted by Gasteiger charge is -2.06. The Morgan fingerprint density at radius 3 is 3.00 bits per heavy atom. The zero-order valence-electron chi connectivity index (χ0n) is 6.71. The Labute approximate surface area is 85.5 Å². The highest BCUT2D eigenvalue weighted by Gasteiger charge is 2.24. The molecular weight excluding hydrogens is 210 g/mol. The number of halogens is 1. The van der Waals surface area contributed by atoms with Crippen LogP contribution in [0, 0.1) is 0 Å². The largest absolute Gasteiger partial charge is 0.300 e. The molecule has 66 valence electrons. The van der Waals surface area contributed by atoms with E-state index < -0.39 is 0 Å². The third kappa shape index (κ3) is 1.64. The predicted molar refractivity (Wildman–Crippen MR) is 57.1 cm³/mol. The van der Waals surface area contributed by atoms with E-state index in [0.717, 1.165) is 11.6 Å². The summed E-state index contributed by atoms with van der Waals surface area (Å²) < 4.78 is 0. The van der Waals surface area contributed by atoms with E-state index in [0.29, 0.717) is 10.6 Å². The van der Waals surface area contributed by atoms with Gasteiger partial charge in [0.05, 0.1) is 15.3 Å². The minimum absolute atomic E-state index is 0.424. The van der Waals surface area contributed by atoms with Crippen molar-refractivity contribution in [2.45, 2.75) is 17.5 Å². The first-order chi connectivity index (χ1) is 5.77. The third-order valence-corrected chi connectivity index (χ3v) is 4.72. The molecule has 0 bridgehead atoms. The molecule has 0 aromatic carbocycles. The van der Waals surface area contributed by atoms with E-state index in [9.17, 15) is 0 Å². The summed E-state index contributed by atoms with van der Waals surface area (Å²) >= 11 is 9.71. The number of rotatable bonds is 1. The van der Waals surface area contributed by atoms with Gasteiger partial charge in [-0.15, -0.1) is 23.1 Å². The van der Waals surface area contributed by atoms with E-state index in [1.807, 2.05) is 23.2 Å². The molecule has 1 aliphatic rings. The molecule has 2 heterocycles. The summed E-state index contributed by atoms with van der Waals surface area (Å²) in [5.41, 5.74) is 0. The summed E-state index contributed by atoms with van der Waals surface area (Å²) in [7, 11) is 0. The van der Waals surface area contributed by atoms with E-state index in [-0.39, 0.29) is 0 Å². The number of hydrogen-bond acceptors (Lipinski definition) is 3. The Kier molecular flexibility index (Phi) is 2.65. The van der Waals surface area contributed by atoms with Crippen LogP contribution in [0.3, 0.4) is 0 Å². The molecule has 0 saturated carbocycles. The van der Waals surface area contributed by atoms with E-state index in [4.69, 9.17) is 11.6 Å². The first kappa shape index (κ1) is 8.88. The topological polar surface area (TPSA) is 12.0 Å². The molecule has 0 amide bonds. The van der Waals surface area contributed by atoms with Crippen molar-refractivity contribution < 1.29 is 0 Å². The Bertz CT molecular complexity index is 274. The van der Waals surface area contributed by atoms with Gasteiger partial charge in [0.2, 0.25) is 0 Å². The molecule has 2 atom stereocenters. The minimum Gasteiger partial charge on any atom is -0.300 e. The molecule has 2 rings (SSSR count). The highest BCUT2D eigenvalue weighted by molar-refractivity contribution is 8.00. The van der Waals surface area contributed by atoms with Crippen LogP contribution in [0.4, 0.5) is 0 Å². The van der Waals surface area contributed by atoms with Crippen LogP contribution < -0.4 is 5.32 Å². The van der Waals surface area contributed by atoms with Gasteiger partial charge in [0, 0.05) is 11.8 Å². The quantitative estimate of drug-likeness (QED) is 0.779. The zero-order chi connectivity index (χ0) is 8.55. The molecule has 0 radical (unpaired) electrons. The average molecular weight is 220 g/mol. The van der Waals surface area contributed by atoms with Crippen molar-refractivity contribution in [1.82, 2.24) is 5.32 Å². The number of nitrogens with one attached hydrogen (secondary N) is 1. The highest BCUT2D eigenvalue weighted by atomic mass is 35.5. The van der Waals surface area contributed by atoms with Gasteiger partial charge >= 0.3 is 0 Å². The molecule has 1 nitrogen and oxygen atoms in total. The molecule has 1 aliphatic heterocycles. The van der Waals surface area contributed by atoms with Crippen molar-refractivity contribution in [3.63, 3.8) is 0 Å². The molecule has 12 heavy (non-hydrogen) atoms. The molecule has 1 N–H and O–H groups in total. The Hall–Kier alpha value is 0.300. The second-order valence-corrected chi connectivity index (χ2v) is 5.77. The van der Waals surface area contributed by atoms with Gasteiger partial charge in [0.25, 0.3) is 0 Å². The van der Waals surface area contributed by atoms with Crippen molar-refractivity contribution in [3.05, 3.63) is 21.3 Å². The fourth-order valence-corrected chi connectivity index (χ4v) is 3.87. The standard InChI is InChI=1S/C8H10ClNS2/c1-5-4-10-8(12-5)7-6(9)2-3-11-7/h2-3,5,8,10H,4H2,1H3. The van der Waals surface area contributed by atoms with Gasteiger partial charge in [0.15, 0.2) is 0 Å². The summed E-state index contributed by atoms with van der Waals surface area (Å²) in [5.74, 6) is 0. The van der Waals surface area contributed by atoms with Crippen LogP contribution in [0.1, 0.15) is 17.2 Å². The van der Waals surface area contributed by atoms with Gasteiger partial charge in [-0.05, 0) is 11.4 Å². The van der Waals surface area contributed by atoms with Gasteiger partial charge in [-0.25, -0.2) is 0 Å². The predicted octanol–water partition coefficient (Wildman–Crippen LogP) is 3.13. The lowest BCUT2D eigenvalue weighted by molar-refractivity contribution is 0.725. The highest BCUT2D eigenvalue weighted by Crippen LogP contribution is 2.40. The van der Waals surface area contributed by atoms with Gasteiger partial charge in [-0.1, -0.05) is 18.5 Å². The molecule has 1 aromatic rings. The summed E-state index contributed by atoms with van der Waals surface area (Å²) in [6, 6.07) is 1.97. The Morgan fingerprint density at radius 1 is 1.67 bits per heavy atom. The maximum absolute atomic E-state index is 6.02. The molecule has 1 fully saturated rings. The van der Waals surface area contributed by atoms with Crippen molar-refractivity contribution in [2.24, 2.45) is 0 Å². The summed E-state index contributed by atoms with van der Waals surface area (Å²) in [6.07, 6.45) is 0. The van der Waals surface area contributed by atoms with Gasteiger partial charge in [-0.2, -0.15) is 0 Å². The fraction of sp³-hybridized carbons (Fsp3) is 0.500. The number of thiophene rings is 1. The molecule has 0 aliphatic carbocycles. The van der Waals surface area contributed by atoms with E-state index in [2.05, 4.69) is 12.2 Å². The summed E-state index contributed by atoms with van der Waals surface area (Å²) in [4.78, 5) is 1.27. The maximum atomic E-state index is 6.02. The minimum atomic E-state index is 0.424.